The van der Waals surface area contributed by atoms with Crippen molar-refractivity contribution in [3.8, 4) is 17.3 Å². The van der Waals surface area contributed by atoms with E-state index >= 15 is 0 Å². The maximum absolute atomic E-state index is 9.35. The van der Waals surface area contributed by atoms with Gasteiger partial charge in [0, 0.05) is 29.1 Å². The van der Waals surface area contributed by atoms with Gasteiger partial charge in [0.05, 0.1) is 11.4 Å². The van der Waals surface area contributed by atoms with Crippen LogP contribution < -0.4 is 4.90 Å². The molecule has 1 aliphatic rings. The molecule has 0 bridgehead atoms. The van der Waals surface area contributed by atoms with Crippen LogP contribution in [-0.4, -0.2) is 9.97 Å². The van der Waals surface area contributed by atoms with Gasteiger partial charge in [-0.25, -0.2) is 4.98 Å². The summed E-state index contributed by atoms with van der Waals surface area (Å²) < 4.78 is 0. The van der Waals surface area contributed by atoms with Crippen LogP contribution in [0, 0.1) is 11.3 Å². The van der Waals surface area contributed by atoms with Crippen molar-refractivity contribution in [3.05, 3.63) is 102 Å². The predicted molar refractivity (Wildman–Crippen MR) is 119 cm³/mol. The Labute approximate surface area is 176 Å². The molecule has 1 aliphatic heterocycles. The molecule has 0 saturated carbocycles. The first-order valence-corrected chi connectivity index (χ1v) is 9.92. The van der Waals surface area contributed by atoms with E-state index in [0.717, 1.165) is 11.3 Å². The summed E-state index contributed by atoms with van der Waals surface area (Å²) in [5, 5.41) is 9.35. The Morgan fingerprint density at radius 2 is 1.33 bits per heavy atom. The molecule has 0 atom stereocenters. The molecule has 0 unspecified atom stereocenters. The third kappa shape index (κ3) is 2.67. The van der Waals surface area contributed by atoms with E-state index in [4.69, 9.17) is 0 Å². The fourth-order valence-corrected chi connectivity index (χ4v) is 4.35. The minimum absolute atomic E-state index is 0.0784. The van der Waals surface area contributed by atoms with Crippen molar-refractivity contribution in [1.82, 2.24) is 9.97 Å². The fourth-order valence-electron chi connectivity index (χ4n) is 4.35. The number of fused-ring (bicyclic) bond motifs is 2. The second-order valence-electron chi connectivity index (χ2n) is 7.91. The molecule has 0 saturated heterocycles. The van der Waals surface area contributed by atoms with Crippen LogP contribution in [0.3, 0.4) is 0 Å². The third-order valence-electron chi connectivity index (χ3n) is 5.84. The summed E-state index contributed by atoms with van der Waals surface area (Å²) in [5.41, 5.74) is 7.77. The maximum Gasteiger partial charge on any atom is 0.166 e. The number of hydrogen-bond donors (Lipinski definition) is 0. The smallest absolute Gasteiger partial charge is 0.166 e. The Morgan fingerprint density at radius 3 is 1.93 bits per heavy atom. The minimum Gasteiger partial charge on any atom is -0.310 e. The highest BCUT2D eigenvalue weighted by atomic mass is 15.2. The monoisotopic (exact) mass is 388 g/mol. The predicted octanol–water partition coefficient (Wildman–Crippen LogP) is 6.12. The molecule has 0 N–H and O–H groups in total. The molecular formula is C26H20N4. The molecule has 30 heavy (non-hydrogen) atoms. The van der Waals surface area contributed by atoms with Gasteiger partial charge < -0.3 is 4.90 Å². The molecule has 144 valence electrons. The highest BCUT2D eigenvalue weighted by Crippen LogP contribution is 2.51. The van der Waals surface area contributed by atoms with E-state index in [1.54, 1.807) is 12.4 Å². The van der Waals surface area contributed by atoms with Crippen molar-refractivity contribution in [2.75, 3.05) is 4.90 Å². The molecular weight excluding hydrogens is 368 g/mol. The number of anilines is 3. The van der Waals surface area contributed by atoms with E-state index in [2.05, 4.69) is 95.4 Å². The van der Waals surface area contributed by atoms with Crippen molar-refractivity contribution in [1.29, 1.82) is 5.26 Å². The van der Waals surface area contributed by atoms with Gasteiger partial charge in [0.2, 0.25) is 0 Å². The lowest BCUT2D eigenvalue weighted by atomic mass is 9.73. The highest BCUT2D eigenvalue weighted by molar-refractivity contribution is 5.86. The van der Waals surface area contributed by atoms with Crippen LogP contribution in [0.1, 0.15) is 30.7 Å². The SMILES string of the molecule is CC1(C)c2ccccc2N(c2ccc(-c3nccnc3C#N)cc2)c2ccccc21. The lowest BCUT2D eigenvalue weighted by molar-refractivity contribution is 0.632. The van der Waals surface area contributed by atoms with E-state index in [0.29, 0.717) is 11.4 Å². The van der Waals surface area contributed by atoms with Crippen molar-refractivity contribution in [3.63, 3.8) is 0 Å². The standard InChI is InChI=1S/C26H20N4/c1-26(2)20-7-3-5-9-23(20)30(24-10-6-4-8-21(24)26)19-13-11-18(12-14-19)25-22(17-27)28-15-16-29-25/h3-16H,1-2H3. The third-order valence-corrected chi connectivity index (χ3v) is 5.84. The number of hydrogen-bond acceptors (Lipinski definition) is 4. The van der Waals surface area contributed by atoms with Crippen molar-refractivity contribution in [2.24, 2.45) is 0 Å². The first-order chi connectivity index (χ1) is 14.6. The summed E-state index contributed by atoms with van der Waals surface area (Å²) in [5.74, 6) is 0. The minimum atomic E-state index is -0.0784. The average Bonchev–Trinajstić information content (AvgIpc) is 2.80. The van der Waals surface area contributed by atoms with Crippen LogP contribution in [0.25, 0.3) is 11.3 Å². The fraction of sp³-hybridized carbons (Fsp3) is 0.115. The average molecular weight is 388 g/mol. The zero-order valence-corrected chi connectivity index (χ0v) is 16.9. The molecule has 5 rings (SSSR count). The van der Waals surface area contributed by atoms with E-state index in [9.17, 15) is 5.26 Å². The lowest BCUT2D eigenvalue weighted by Gasteiger charge is -2.42. The molecule has 0 spiro atoms. The van der Waals surface area contributed by atoms with E-state index in [1.165, 1.54) is 22.5 Å². The summed E-state index contributed by atoms with van der Waals surface area (Å²) in [6.07, 6.45) is 3.16. The zero-order valence-electron chi connectivity index (χ0n) is 16.9. The van der Waals surface area contributed by atoms with Gasteiger partial charge in [-0.1, -0.05) is 62.4 Å². The van der Waals surface area contributed by atoms with Gasteiger partial charge in [-0.2, -0.15) is 5.26 Å². The van der Waals surface area contributed by atoms with E-state index in [1.807, 2.05) is 12.1 Å². The summed E-state index contributed by atoms with van der Waals surface area (Å²) in [4.78, 5) is 10.8. The Kier molecular flexibility index (Phi) is 4.11. The number of aromatic nitrogens is 2. The zero-order chi connectivity index (χ0) is 20.7. The number of nitriles is 1. The van der Waals surface area contributed by atoms with Gasteiger partial charge in [-0.05, 0) is 35.4 Å². The second kappa shape index (κ2) is 6.82. The number of benzene rings is 3. The Bertz CT molecular complexity index is 1230. The summed E-state index contributed by atoms with van der Waals surface area (Å²) in [6, 6.07) is 27.5. The molecule has 4 nitrogen and oxygen atoms in total. The van der Waals surface area contributed by atoms with Gasteiger partial charge in [-0.3, -0.25) is 4.98 Å². The van der Waals surface area contributed by atoms with Crippen LogP contribution in [0.4, 0.5) is 17.1 Å². The highest BCUT2D eigenvalue weighted by Gasteiger charge is 2.36. The largest absolute Gasteiger partial charge is 0.310 e. The molecule has 2 heterocycles. The summed E-state index contributed by atoms with van der Waals surface area (Å²) in [6.45, 7) is 4.56. The molecule has 1 aromatic heterocycles. The normalized spacial score (nSPS) is 13.8. The van der Waals surface area contributed by atoms with Crippen LogP contribution in [0.15, 0.2) is 85.2 Å². The van der Waals surface area contributed by atoms with Crippen LogP contribution in [-0.2, 0) is 5.41 Å². The van der Waals surface area contributed by atoms with Crippen molar-refractivity contribution in [2.45, 2.75) is 19.3 Å². The van der Waals surface area contributed by atoms with Gasteiger partial charge in [0.1, 0.15) is 11.8 Å². The number of nitrogens with zero attached hydrogens (tertiary/aromatic N) is 4. The molecule has 0 amide bonds. The molecule has 0 radical (unpaired) electrons. The summed E-state index contributed by atoms with van der Waals surface area (Å²) in [7, 11) is 0. The van der Waals surface area contributed by atoms with Gasteiger partial charge in [0.25, 0.3) is 0 Å². The molecule has 4 aromatic rings. The topological polar surface area (TPSA) is 52.8 Å². The van der Waals surface area contributed by atoms with Gasteiger partial charge >= 0.3 is 0 Å². The second-order valence-corrected chi connectivity index (χ2v) is 7.91. The summed E-state index contributed by atoms with van der Waals surface area (Å²) >= 11 is 0. The van der Waals surface area contributed by atoms with Crippen molar-refractivity contribution >= 4 is 17.1 Å². The first kappa shape index (κ1) is 18.1. The number of para-hydroxylation sites is 2. The van der Waals surface area contributed by atoms with Crippen LogP contribution in [0.2, 0.25) is 0 Å². The van der Waals surface area contributed by atoms with E-state index < -0.39 is 0 Å². The number of rotatable bonds is 2. The van der Waals surface area contributed by atoms with Crippen LogP contribution in [0.5, 0.6) is 0 Å². The molecule has 0 fully saturated rings. The Morgan fingerprint density at radius 1 is 0.767 bits per heavy atom. The molecule has 4 heteroatoms. The van der Waals surface area contributed by atoms with Crippen LogP contribution >= 0.6 is 0 Å². The quantitative estimate of drug-likeness (QED) is 0.415. The first-order valence-electron chi connectivity index (χ1n) is 9.92. The maximum atomic E-state index is 9.35. The van der Waals surface area contributed by atoms with Crippen molar-refractivity contribution < 1.29 is 0 Å². The van der Waals surface area contributed by atoms with Gasteiger partial charge in [-0.15, -0.1) is 0 Å². The molecule has 3 aromatic carbocycles. The Balaban J connectivity index is 1.66. The van der Waals surface area contributed by atoms with E-state index in [-0.39, 0.29) is 5.41 Å². The lowest BCUT2D eigenvalue weighted by Crippen LogP contribution is -2.30. The molecule has 0 aliphatic carbocycles. The van der Waals surface area contributed by atoms with Gasteiger partial charge in [0.15, 0.2) is 5.69 Å². The Hall–Kier alpha value is -3.97.